The first kappa shape index (κ1) is 17.9. The quantitative estimate of drug-likeness (QED) is 0.625. The Labute approximate surface area is 116 Å². The van der Waals surface area contributed by atoms with Crippen LogP contribution in [0.15, 0.2) is 0 Å². The molecular formula is C9H18NO5PS2. The Hall–Kier alpha value is -0.140. The third-order valence-electron chi connectivity index (χ3n) is 1.68. The zero-order valence-electron chi connectivity index (χ0n) is 10.5. The van der Waals surface area contributed by atoms with Crippen molar-refractivity contribution in [1.29, 1.82) is 0 Å². The van der Waals surface area contributed by atoms with Crippen molar-refractivity contribution >= 4 is 40.8 Å². The molecule has 0 aliphatic heterocycles. The van der Waals surface area contributed by atoms with Gasteiger partial charge in [0, 0.05) is 0 Å². The largest absolute Gasteiger partial charge is 0.480 e. The SMILES string of the molecule is CCOP(=S)(OCC)SCC(=O)NC(C)C(=O)O. The maximum Gasteiger partial charge on any atom is 0.325 e. The second-order valence-electron chi connectivity index (χ2n) is 3.18. The fourth-order valence-electron chi connectivity index (χ4n) is 0.911. The van der Waals surface area contributed by atoms with E-state index in [0.29, 0.717) is 13.2 Å². The Morgan fingerprint density at radius 3 is 2.28 bits per heavy atom. The molecule has 1 amide bonds. The summed E-state index contributed by atoms with van der Waals surface area (Å²) in [6, 6.07) is -0.921. The van der Waals surface area contributed by atoms with Crippen LogP contribution < -0.4 is 5.32 Å². The Morgan fingerprint density at radius 1 is 1.39 bits per heavy atom. The number of nitrogens with one attached hydrogen (secondary N) is 1. The molecule has 0 rings (SSSR count). The smallest absolute Gasteiger partial charge is 0.325 e. The highest BCUT2D eigenvalue weighted by Gasteiger charge is 2.22. The lowest BCUT2D eigenvalue weighted by molar-refractivity contribution is -0.140. The van der Waals surface area contributed by atoms with E-state index in [1.54, 1.807) is 13.8 Å². The number of carbonyl (C=O) groups excluding carboxylic acids is 1. The van der Waals surface area contributed by atoms with Gasteiger partial charge in [-0.05, 0) is 32.6 Å². The molecule has 1 unspecified atom stereocenters. The van der Waals surface area contributed by atoms with Crippen molar-refractivity contribution in [3.63, 3.8) is 0 Å². The van der Waals surface area contributed by atoms with E-state index in [4.69, 9.17) is 26.0 Å². The number of carboxylic acid groups (broad SMARTS) is 1. The zero-order valence-corrected chi connectivity index (χ0v) is 13.1. The average molecular weight is 315 g/mol. The molecule has 0 aromatic carbocycles. The van der Waals surface area contributed by atoms with Crippen LogP contribution in [0, 0.1) is 0 Å². The molecule has 0 heterocycles. The Morgan fingerprint density at radius 2 is 1.89 bits per heavy atom. The number of carboxylic acids is 1. The van der Waals surface area contributed by atoms with Crippen LogP contribution in [-0.2, 0) is 30.4 Å². The van der Waals surface area contributed by atoms with Crippen molar-refractivity contribution in [2.24, 2.45) is 0 Å². The molecule has 0 aliphatic carbocycles. The van der Waals surface area contributed by atoms with Crippen LogP contribution in [0.2, 0.25) is 0 Å². The Balaban J connectivity index is 4.23. The molecule has 0 aromatic heterocycles. The maximum absolute atomic E-state index is 11.5. The van der Waals surface area contributed by atoms with Gasteiger partial charge in [-0.25, -0.2) is 0 Å². The number of rotatable bonds is 9. The summed E-state index contributed by atoms with van der Waals surface area (Å²) in [5, 5.41) is 11.0. The standard InChI is InChI=1S/C9H18NO5PS2/c1-4-14-16(17,15-5-2)18-6-8(11)10-7(3)9(12)13/h7H,4-6H2,1-3H3,(H,10,11)(H,12,13). The van der Waals surface area contributed by atoms with Crippen LogP contribution >= 0.6 is 17.1 Å². The van der Waals surface area contributed by atoms with E-state index in [9.17, 15) is 9.59 Å². The molecule has 0 saturated heterocycles. The van der Waals surface area contributed by atoms with Gasteiger partial charge in [-0.1, -0.05) is 11.4 Å². The minimum Gasteiger partial charge on any atom is -0.480 e. The van der Waals surface area contributed by atoms with Crippen molar-refractivity contribution in [1.82, 2.24) is 5.32 Å². The van der Waals surface area contributed by atoms with E-state index in [1.807, 2.05) is 0 Å². The maximum atomic E-state index is 11.5. The summed E-state index contributed by atoms with van der Waals surface area (Å²) in [5.74, 6) is -1.46. The molecule has 0 saturated carbocycles. The normalized spacial score (nSPS) is 13.1. The molecule has 0 aromatic rings. The predicted molar refractivity (Wildman–Crippen MR) is 75.2 cm³/mol. The van der Waals surface area contributed by atoms with Crippen molar-refractivity contribution in [2.75, 3.05) is 19.0 Å². The van der Waals surface area contributed by atoms with Crippen LogP contribution in [0.4, 0.5) is 0 Å². The monoisotopic (exact) mass is 315 g/mol. The van der Waals surface area contributed by atoms with Crippen molar-refractivity contribution in [3.8, 4) is 0 Å². The highest BCUT2D eigenvalue weighted by molar-refractivity contribution is 8.68. The zero-order chi connectivity index (χ0) is 14.2. The third kappa shape index (κ3) is 7.33. The number of hydrogen-bond donors (Lipinski definition) is 2. The van der Waals surface area contributed by atoms with Gasteiger partial charge in [-0.3, -0.25) is 9.59 Å². The topological polar surface area (TPSA) is 84.9 Å². The van der Waals surface area contributed by atoms with Crippen LogP contribution in [0.1, 0.15) is 20.8 Å². The lowest BCUT2D eigenvalue weighted by atomic mass is 10.3. The summed E-state index contributed by atoms with van der Waals surface area (Å²) in [6.07, 6.45) is 0. The molecule has 2 N–H and O–H groups in total. The lowest BCUT2D eigenvalue weighted by Crippen LogP contribution is -2.39. The summed E-state index contributed by atoms with van der Waals surface area (Å²) < 4.78 is 10.7. The van der Waals surface area contributed by atoms with Gasteiger partial charge in [0.2, 0.25) is 11.6 Å². The van der Waals surface area contributed by atoms with E-state index < -0.39 is 23.6 Å². The van der Waals surface area contributed by atoms with Gasteiger partial charge < -0.3 is 19.5 Å². The lowest BCUT2D eigenvalue weighted by Gasteiger charge is -2.19. The van der Waals surface area contributed by atoms with E-state index in [-0.39, 0.29) is 5.75 Å². The number of hydrogen-bond acceptors (Lipinski definition) is 6. The highest BCUT2D eigenvalue weighted by atomic mass is 32.9. The van der Waals surface area contributed by atoms with E-state index in [0.717, 1.165) is 11.4 Å². The molecule has 1 atom stereocenters. The number of aliphatic carboxylic acids is 1. The number of carbonyl (C=O) groups is 2. The Bertz CT molecular complexity index is 329. The van der Waals surface area contributed by atoms with Crippen LogP contribution in [0.3, 0.4) is 0 Å². The first-order valence-electron chi connectivity index (χ1n) is 5.40. The fraction of sp³-hybridized carbons (Fsp3) is 0.778. The first-order valence-corrected chi connectivity index (χ1v) is 9.63. The van der Waals surface area contributed by atoms with Crippen molar-refractivity contribution in [3.05, 3.63) is 0 Å². The van der Waals surface area contributed by atoms with Gasteiger partial charge >= 0.3 is 5.97 Å². The summed E-state index contributed by atoms with van der Waals surface area (Å²) in [6.45, 7) is 5.82. The minimum atomic E-state index is -2.50. The van der Waals surface area contributed by atoms with E-state index in [2.05, 4.69) is 5.32 Å². The second-order valence-corrected chi connectivity index (χ2v) is 9.49. The summed E-state index contributed by atoms with van der Waals surface area (Å²) >= 11 is 6.33. The molecule has 106 valence electrons. The highest BCUT2D eigenvalue weighted by Crippen LogP contribution is 2.60. The van der Waals surface area contributed by atoms with Crippen molar-refractivity contribution in [2.45, 2.75) is 26.8 Å². The number of amides is 1. The summed E-state index contributed by atoms with van der Waals surface area (Å²) in [4.78, 5) is 22.0. The third-order valence-corrected chi connectivity index (χ3v) is 7.08. The van der Waals surface area contributed by atoms with Gasteiger partial charge in [0.1, 0.15) is 6.04 Å². The second kappa shape index (κ2) is 8.87. The van der Waals surface area contributed by atoms with E-state index in [1.165, 1.54) is 6.92 Å². The van der Waals surface area contributed by atoms with Gasteiger partial charge in [0.05, 0.1) is 19.0 Å². The minimum absolute atomic E-state index is 0.0227. The van der Waals surface area contributed by atoms with Crippen LogP contribution in [0.25, 0.3) is 0 Å². The fourth-order valence-corrected chi connectivity index (χ4v) is 5.14. The Kier molecular flexibility index (Phi) is 8.81. The van der Waals surface area contributed by atoms with Gasteiger partial charge in [-0.15, -0.1) is 0 Å². The molecule has 0 bridgehead atoms. The molecule has 9 heteroatoms. The molecule has 0 fully saturated rings. The van der Waals surface area contributed by atoms with Crippen LogP contribution in [0.5, 0.6) is 0 Å². The predicted octanol–water partition coefficient (Wildman–Crippen LogP) is 1.61. The average Bonchev–Trinajstić information content (AvgIpc) is 2.27. The van der Waals surface area contributed by atoms with Crippen molar-refractivity contribution < 1.29 is 23.7 Å². The van der Waals surface area contributed by atoms with E-state index >= 15 is 0 Å². The summed E-state index contributed by atoms with van der Waals surface area (Å²) in [5.41, 5.74) is -2.50. The first-order chi connectivity index (χ1) is 8.34. The molecule has 0 aliphatic rings. The molecule has 0 spiro atoms. The van der Waals surface area contributed by atoms with Crippen LogP contribution in [-0.4, -0.2) is 42.0 Å². The molecule has 18 heavy (non-hydrogen) atoms. The van der Waals surface area contributed by atoms with Gasteiger partial charge in [0.15, 0.2) is 0 Å². The molecule has 6 nitrogen and oxygen atoms in total. The summed E-state index contributed by atoms with van der Waals surface area (Å²) in [7, 11) is 0. The van der Waals surface area contributed by atoms with Gasteiger partial charge in [-0.2, -0.15) is 0 Å². The molecular weight excluding hydrogens is 297 g/mol. The molecule has 0 radical (unpaired) electrons. The van der Waals surface area contributed by atoms with Gasteiger partial charge in [0.25, 0.3) is 0 Å².